The molecule has 0 N–H and O–H groups in total. The van der Waals surface area contributed by atoms with E-state index in [1.165, 1.54) is 86.9 Å². The second-order valence-electron chi connectivity index (χ2n) is 24.3. The summed E-state index contributed by atoms with van der Waals surface area (Å²) in [5.41, 5.74) is 21.2. The van der Waals surface area contributed by atoms with Crippen LogP contribution in [0.1, 0.15) is 107 Å². The number of hydrogen-bond donors (Lipinski definition) is 0. The van der Waals surface area contributed by atoms with E-state index < -0.39 is 5.41 Å². The summed E-state index contributed by atoms with van der Waals surface area (Å²) in [5, 5.41) is 2.55. The Morgan fingerprint density at radius 1 is 0.377 bits per heavy atom. The molecule has 0 unspecified atom stereocenters. The van der Waals surface area contributed by atoms with Crippen LogP contribution >= 0.6 is 11.3 Å². The molecule has 2 nitrogen and oxygen atoms in total. The van der Waals surface area contributed by atoms with Crippen LogP contribution in [0.25, 0.3) is 42.4 Å². The van der Waals surface area contributed by atoms with Gasteiger partial charge in [0.1, 0.15) is 0 Å². The molecule has 0 atom stereocenters. The topological polar surface area (TPSA) is 6.48 Å². The zero-order valence-corrected chi connectivity index (χ0v) is 47.1. The zero-order valence-electron chi connectivity index (χ0n) is 46.2. The van der Waals surface area contributed by atoms with Crippen molar-refractivity contribution < 1.29 is 0 Å². The molecule has 77 heavy (non-hydrogen) atoms. The predicted molar refractivity (Wildman–Crippen MR) is 332 cm³/mol. The molecule has 0 radical (unpaired) electrons. The maximum absolute atomic E-state index is 2.59. The molecule has 11 aromatic rings. The number of thiophene rings is 1. The van der Waals surface area contributed by atoms with Crippen LogP contribution in [0, 0.1) is 6.92 Å². The van der Waals surface area contributed by atoms with Crippen molar-refractivity contribution in [2.45, 2.75) is 90.9 Å². The van der Waals surface area contributed by atoms with E-state index in [0.717, 1.165) is 34.1 Å². The highest BCUT2D eigenvalue weighted by molar-refractivity contribution is 7.26. The van der Waals surface area contributed by atoms with Gasteiger partial charge < -0.3 is 9.80 Å². The van der Waals surface area contributed by atoms with Crippen LogP contribution in [0.2, 0.25) is 0 Å². The molecular formula is C74H68N2S. The van der Waals surface area contributed by atoms with Crippen molar-refractivity contribution >= 4 is 65.6 Å². The van der Waals surface area contributed by atoms with Crippen LogP contribution in [0.4, 0.5) is 34.1 Å². The first-order chi connectivity index (χ1) is 37.0. The minimum absolute atomic E-state index is 0.000994. The van der Waals surface area contributed by atoms with Gasteiger partial charge >= 0.3 is 0 Å². The van der Waals surface area contributed by atoms with Crippen LogP contribution in [-0.2, 0) is 21.7 Å². The highest BCUT2D eigenvalue weighted by Crippen LogP contribution is 2.62. The fraction of sp³-hybridized carbons (Fsp3) is 0.189. The van der Waals surface area contributed by atoms with Crippen molar-refractivity contribution in [3.8, 4) is 22.3 Å². The van der Waals surface area contributed by atoms with Crippen LogP contribution in [0.15, 0.2) is 231 Å². The van der Waals surface area contributed by atoms with Crippen LogP contribution in [0.3, 0.4) is 0 Å². The molecule has 0 amide bonds. The molecule has 12 rings (SSSR count). The van der Waals surface area contributed by atoms with Gasteiger partial charge in [0.05, 0.1) is 15.8 Å². The quantitative estimate of drug-likeness (QED) is 0.142. The summed E-state index contributed by atoms with van der Waals surface area (Å²) in [5.74, 6) is 0. The largest absolute Gasteiger partial charge is 0.310 e. The Morgan fingerprint density at radius 2 is 0.818 bits per heavy atom. The van der Waals surface area contributed by atoms with Crippen LogP contribution in [0.5, 0.6) is 0 Å². The fourth-order valence-corrected chi connectivity index (χ4v) is 13.2. The number of nitrogens with zero attached hydrogens (tertiary/aromatic N) is 2. The highest BCUT2D eigenvalue weighted by atomic mass is 32.1. The van der Waals surface area contributed by atoms with E-state index in [9.17, 15) is 0 Å². The molecule has 1 heterocycles. The van der Waals surface area contributed by atoms with E-state index in [1.807, 2.05) is 11.3 Å². The normalized spacial score (nSPS) is 13.2. The third kappa shape index (κ3) is 8.76. The van der Waals surface area contributed by atoms with E-state index in [-0.39, 0.29) is 16.2 Å². The lowest BCUT2D eigenvalue weighted by Crippen LogP contribution is -2.29. The van der Waals surface area contributed by atoms with Gasteiger partial charge in [0, 0.05) is 43.9 Å². The molecule has 10 aromatic carbocycles. The molecule has 1 aliphatic carbocycles. The van der Waals surface area contributed by atoms with Gasteiger partial charge in [-0.1, -0.05) is 226 Å². The van der Waals surface area contributed by atoms with Gasteiger partial charge in [0.25, 0.3) is 0 Å². The maximum Gasteiger partial charge on any atom is 0.0715 e. The van der Waals surface area contributed by atoms with E-state index in [1.54, 1.807) is 0 Å². The van der Waals surface area contributed by atoms with Crippen molar-refractivity contribution in [1.29, 1.82) is 0 Å². The summed E-state index contributed by atoms with van der Waals surface area (Å²) in [7, 11) is 0. The number of aryl methyl sites for hydroxylation is 1. The molecule has 0 spiro atoms. The SMILES string of the molecule is Cc1ccc(N(c2ccc(C(C)(C)C)cc2)c2ccc3c(c2)C(c2ccccc2)(c2ccccc2)c2cc(N(c4ccc(C(C)(C)C)cc4)c4ccc(C(C)(C)C)cc4)c4sc5cc(-c6ccccc6)ccc5c4c2-3)cc1. The Kier molecular flexibility index (Phi) is 12.3. The minimum atomic E-state index is -0.725. The average Bonchev–Trinajstić information content (AvgIpc) is 4.12. The highest BCUT2D eigenvalue weighted by Gasteiger charge is 2.48. The summed E-state index contributed by atoms with van der Waals surface area (Å²) in [6.45, 7) is 22.8. The lowest BCUT2D eigenvalue weighted by molar-refractivity contribution is 0.590. The summed E-state index contributed by atoms with van der Waals surface area (Å²) < 4.78 is 2.53. The Bertz CT molecular complexity index is 3830. The fourth-order valence-electron chi connectivity index (χ4n) is 11.9. The van der Waals surface area contributed by atoms with Crippen molar-refractivity contribution in [1.82, 2.24) is 0 Å². The molecule has 1 aliphatic rings. The van der Waals surface area contributed by atoms with Gasteiger partial charge in [0.2, 0.25) is 0 Å². The zero-order chi connectivity index (χ0) is 53.4. The molecule has 3 heteroatoms. The van der Waals surface area contributed by atoms with Crippen molar-refractivity contribution in [3.63, 3.8) is 0 Å². The van der Waals surface area contributed by atoms with E-state index in [2.05, 4.69) is 310 Å². The Labute approximate surface area is 461 Å². The van der Waals surface area contributed by atoms with Gasteiger partial charge in [-0.2, -0.15) is 0 Å². The smallest absolute Gasteiger partial charge is 0.0715 e. The maximum atomic E-state index is 2.59. The number of hydrogen-bond acceptors (Lipinski definition) is 3. The lowest BCUT2D eigenvalue weighted by atomic mass is 9.67. The molecule has 0 aliphatic heterocycles. The second-order valence-corrected chi connectivity index (χ2v) is 25.4. The summed E-state index contributed by atoms with van der Waals surface area (Å²) in [4.78, 5) is 5.00. The first-order valence-electron chi connectivity index (χ1n) is 27.3. The Balaban J connectivity index is 1.21. The molecule has 1 aromatic heterocycles. The standard InChI is InChI=1S/C74H68N2S/c1-49-26-35-57(36-27-49)75(58-37-29-52(30-38-58)71(2,3)4)61-43-45-62-64(47-61)74(55-22-16-12-17-23-55,56-24-18-13-19-25-56)65-48-66(70-69(68(62)65)63-44-28-51(46-67(63)77-70)50-20-14-11-15-21-50)76(59-39-31-53(32-40-59)72(5,6)7)60-41-33-54(34-42-60)73(8,9)10/h11-48H,1-10H3. The van der Waals surface area contributed by atoms with E-state index in [0.29, 0.717) is 0 Å². The number of fused-ring (bicyclic) bond motifs is 7. The van der Waals surface area contributed by atoms with Gasteiger partial charge in [-0.15, -0.1) is 11.3 Å². The molecule has 0 saturated carbocycles. The predicted octanol–water partition coefficient (Wildman–Crippen LogP) is 21.2. The van der Waals surface area contributed by atoms with E-state index in [4.69, 9.17) is 0 Å². The van der Waals surface area contributed by atoms with Crippen LogP contribution in [-0.4, -0.2) is 0 Å². The average molecular weight is 1020 g/mol. The number of rotatable bonds is 9. The first kappa shape index (κ1) is 49.9. The minimum Gasteiger partial charge on any atom is -0.310 e. The first-order valence-corrected chi connectivity index (χ1v) is 28.1. The monoisotopic (exact) mass is 1020 g/mol. The molecule has 0 fully saturated rings. The van der Waals surface area contributed by atoms with Gasteiger partial charge in [0.15, 0.2) is 0 Å². The van der Waals surface area contributed by atoms with Crippen LogP contribution < -0.4 is 9.80 Å². The third-order valence-electron chi connectivity index (χ3n) is 16.1. The molecule has 380 valence electrons. The second kappa shape index (κ2) is 18.9. The summed E-state index contributed by atoms with van der Waals surface area (Å²) in [6, 6.07) is 87.5. The van der Waals surface area contributed by atoms with Gasteiger partial charge in [-0.25, -0.2) is 0 Å². The van der Waals surface area contributed by atoms with E-state index >= 15 is 0 Å². The lowest BCUT2D eigenvalue weighted by Gasteiger charge is -2.36. The Morgan fingerprint density at radius 3 is 1.30 bits per heavy atom. The Hall–Kier alpha value is -7.98. The van der Waals surface area contributed by atoms with Crippen molar-refractivity contribution in [2.24, 2.45) is 0 Å². The summed E-state index contributed by atoms with van der Waals surface area (Å²) >= 11 is 1.92. The number of anilines is 6. The van der Waals surface area contributed by atoms with Gasteiger partial charge in [-0.05, 0) is 157 Å². The number of benzene rings is 10. The van der Waals surface area contributed by atoms with Crippen molar-refractivity contribution in [3.05, 3.63) is 275 Å². The molecule has 0 saturated heterocycles. The molecule has 0 bridgehead atoms. The van der Waals surface area contributed by atoms with Gasteiger partial charge in [-0.3, -0.25) is 0 Å². The molecular weight excluding hydrogens is 949 g/mol. The van der Waals surface area contributed by atoms with Crippen molar-refractivity contribution in [2.75, 3.05) is 9.80 Å². The summed E-state index contributed by atoms with van der Waals surface area (Å²) in [6.07, 6.45) is 0. The third-order valence-corrected chi connectivity index (χ3v) is 17.3.